The van der Waals surface area contributed by atoms with Gasteiger partial charge in [0.15, 0.2) is 0 Å². The first kappa shape index (κ1) is 15.0. The van der Waals surface area contributed by atoms with Gasteiger partial charge in [-0.05, 0) is 24.1 Å². The largest absolute Gasteiger partial charge is 0.488 e. The molecule has 6 heteroatoms. The van der Waals surface area contributed by atoms with E-state index in [0.717, 1.165) is 36.5 Å². The van der Waals surface area contributed by atoms with Crippen molar-refractivity contribution in [2.24, 2.45) is 4.99 Å². The summed E-state index contributed by atoms with van der Waals surface area (Å²) in [5.41, 5.74) is 1.74. The van der Waals surface area contributed by atoms with Gasteiger partial charge in [-0.1, -0.05) is 24.3 Å². The van der Waals surface area contributed by atoms with Gasteiger partial charge < -0.3 is 10.1 Å². The molecule has 3 rings (SSSR count). The van der Waals surface area contributed by atoms with E-state index in [1.807, 2.05) is 30.3 Å². The van der Waals surface area contributed by atoms with Gasteiger partial charge in [0, 0.05) is 25.2 Å². The molecule has 0 saturated heterocycles. The molecule has 2 aromatic rings. The molecule has 0 fully saturated rings. The second-order valence-electron chi connectivity index (χ2n) is 5.22. The zero-order valence-electron chi connectivity index (χ0n) is 12.6. The average Bonchev–Trinajstić information content (AvgIpc) is 2.61. The summed E-state index contributed by atoms with van der Waals surface area (Å²) >= 11 is 0. The molecule has 1 N–H and O–H groups in total. The van der Waals surface area contributed by atoms with E-state index in [9.17, 15) is 10.1 Å². The molecule has 0 aliphatic carbocycles. The highest BCUT2D eigenvalue weighted by atomic mass is 16.6. The van der Waals surface area contributed by atoms with E-state index in [2.05, 4.69) is 10.3 Å². The zero-order valence-corrected chi connectivity index (χ0v) is 12.6. The van der Waals surface area contributed by atoms with E-state index in [1.165, 1.54) is 12.1 Å². The standard InChI is InChI=1S/C17H17N3O3/c21-20(22)14-6-3-5-13(11-14)12-23-16-8-2-1-7-15(16)17-18-9-4-10-19-17/h1-3,5-8,11H,4,9-10,12H2,(H,18,19). The number of aliphatic imine (C=N–C) groups is 1. The van der Waals surface area contributed by atoms with Gasteiger partial charge in [-0.15, -0.1) is 0 Å². The van der Waals surface area contributed by atoms with Gasteiger partial charge in [0.25, 0.3) is 5.69 Å². The molecule has 0 bridgehead atoms. The summed E-state index contributed by atoms with van der Waals surface area (Å²) < 4.78 is 5.87. The Hall–Kier alpha value is -2.89. The Labute approximate surface area is 134 Å². The Morgan fingerprint density at radius 3 is 2.87 bits per heavy atom. The molecule has 1 heterocycles. The predicted molar refractivity (Wildman–Crippen MR) is 87.9 cm³/mol. The lowest BCUT2D eigenvalue weighted by atomic mass is 10.1. The molecule has 0 spiro atoms. The SMILES string of the molecule is O=[N+]([O-])c1cccc(COc2ccccc2C2=NCCCN2)c1. The summed E-state index contributed by atoms with van der Waals surface area (Å²) in [6.07, 6.45) is 1.03. The number of benzene rings is 2. The molecule has 1 aliphatic rings. The van der Waals surface area contributed by atoms with Crippen LogP contribution < -0.4 is 10.1 Å². The number of hydrogen-bond acceptors (Lipinski definition) is 5. The second-order valence-corrected chi connectivity index (χ2v) is 5.22. The number of hydrogen-bond donors (Lipinski definition) is 1. The van der Waals surface area contributed by atoms with E-state index in [-0.39, 0.29) is 12.3 Å². The number of nitrogens with one attached hydrogen (secondary N) is 1. The monoisotopic (exact) mass is 311 g/mol. The molecule has 0 atom stereocenters. The van der Waals surface area contributed by atoms with E-state index in [1.54, 1.807) is 6.07 Å². The van der Waals surface area contributed by atoms with Gasteiger partial charge in [0.1, 0.15) is 18.2 Å². The summed E-state index contributed by atoms with van der Waals surface area (Å²) in [6.45, 7) is 1.98. The number of nitro benzene ring substituents is 1. The minimum atomic E-state index is -0.405. The second kappa shape index (κ2) is 6.91. The van der Waals surface area contributed by atoms with Crippen LogP contribution in [0.2, 0.25) is 0 Å². The lowest BCUT2D eigenvalue weighted by Gasteiger charge is -2.17. The first-order valence-corrected chi connectivity index (χ1v) is 7.48. The maximum atomic E-state index is 10.8. The van der Waals surface area contributed by atoms with Gasteiger partial charge in [0.2, 0.25) is 0 Å². The minimum absolute atomic E-state index is 0.0673. The Morgan fingerprint density at radius 1 is 1.22 bits per heavy atom. The maximum Gasteiger partial charge on any atom is 0.269 e. The van der Waals surface area contributed by atoms with E-state index in [4.69, 9.17) is 4.74 Å². The smallest absolute Gasteiger partial charge is 0.269 e. The number of amidine groups is 1. The van der Waals surface area contributed by atoms with E-state index < -0.39 is 4.92 Å². The fraction of sp³-hybridized carbons (Fsp3) is 0.235. The summed E-state index contributed by atoms with van der Waals surface area (Å²) in [6, 6.07) is 14.1. The van der Waals surface area contributed by atoms with Crippen LogP contribution in [-0.2, 0) is 6.61 Å². The molecular formula is C17H17N3O3. The number of non-ortho nitro benzene ring substituents is 1. The molecule has 0 radical (unpaired) electrons. The van der Waals surface area contributed by atoms with Crippen molar-refractivity contribution in [3.63, 3.8) is 0 Å². The Balaban J connectivity index is 1.77. The lowest BCUT2D eigenvalue weighted by molar-refractivity contribution is -0.384. The summed E-state index contributed by atoms with van der Waals surface area (Å²) in [5.74, 6) is 1.55. The minimum Gasteiger partial charge on any atom is -0.488 e. The molecule has 23 heavy (non-hydrogen) atoms. The van der Waals surface area contributed by atoms with Crippen molar-refractivity contribution in [2.45, 2.75) is 13.0 Å². The number of ether oxygens (including phenoxy) is 1. The van der Waals surface area contributed by atoms with Crippen LogP contribution in [0.15, 0.2) is 53.5 Å². The number of para-hydroxylation sites is 1. The van der Waals surface area contributed by atoms with Gasteiger partial charge in [0.05, 0.1) is 10.5 Å². The van der Waals surface area contributed by atoms with Crippen LogP contribution in [0.4, 0.5) is 5.69 Å². The zero-order chi connectivity index (χ0) is 16.1. The Morgan fingerprint density at radius 2 is 2.09 bits per heavy atom. The quantitative estimate of drug-likeness (QED) is 0.680. The third-order valence-corrected chi connectivity index (χ3v) is 3.56. The summed E-state index contributed by atoms with van der Waals surface area (Å²) in [4.78, 5) is 14.9. The van der Waals surface area contributed by atoms with Crippen LogP contribution >= 0.6 is 0 Å². The molecule has 0 saturated carbocycles. The highest BCUT2D eigenvalue weighted by Crippen LogP contribution is 2.21. The van der Waals surface area contributed by atoms with Crippen LogP contribution in [-0.4, -0.2) is 23.8 Å². The molecular weight excluding hydrogens is 294 g/mol. The lowest BCUT2D eigenvalue weighted by Crippen LogP contribution is -2.30. The molecule has 6 nitrogen and oxygen atoms in total. The van der Waals surface area contributed by atoms with Crippen LogP contribution in [0.5, 0.6) is 5.75 Å². The molecule has 118 valence electrons. The summed E-state index contributed by atoms with van der Waals surface area (Å²) in [7, 11) is 0. The highest BCUT2D eigenvalue weighted by molar-refractivity contribution is 6.01. The predicted octanol–water partition coefficient (Wildman–Crippen LogP) is 2.91. The fourth-order valence-corrected chi connectivity index (χ4v) is 2.42. The van der Waals surface area contributed by atoms with Gasteiger partial charge >= 0.3 is 0 Å². The van der Waals surface area contributed by atoms with Crippen molar-refractivity contribution in [3.8, 4) is 5.75 Å². The first-order valence-electron chi connectivity index (χ1n) is 7.48. The van der Waals surface area contributed by atoms with E-state index >= 15 is 0 Å². The van der Waals surface area contributed by atoms with Gasteiger partial charge in [-0.25, -0.2) is 0 Å². The van der Waals surface area contributed by atoms with Gasteiger partial charge in [-0.3, -0.25) is 15.1 Å². The fourth-order valence-electron chi connectivity index (χ4n) is 2.42. The summed E-state index contributed by atoms with van der Waals surface area (Å²) in [5, 5.41) is 14.1. The number of nitro groups is 1. The third-order valence-electron chi connectivity index (χ3n) is 3.56. The Bertz CT molecular complexity index is 743. The van der Waals surface area contributed by atoms with Crippen LogP contribution in [0.25, 0.3) is 0 Å². The first-order chi connectivity index (χ1) is 11.2. The van der Waals surface area contributed by atoms with Crippen molar-refractivity contribution in [2.75, 3.05) is 13.1 Å². The molecule has 0 unspecified atom stereocenters. The van der Waals surface area contributed by atoms with Crippen molar-refractivity contribution in [3.05, 3.63) is 69.8 Å². The highest BCUT2D eigenvalue weighted by Gasteiger charge is 2.13. The normalized spacial score (nSPS) is 13.8. The number of nitrogens with zero attached hydrogens (tertiary/aromatic N) is 2. The molecule has 2 aromatic carbocycles. The maximum absolute atomic E-state index is 10.8. The average molecular weight is 311 g/mol. The van der Waals surface area contributed by atoms with Crippen molar-refractivity contribution in [1.82, 2.24) is 5.32 Å². The molecule has 1 aliphatic heterocycles. The van der Waals surface area contributed by atoms with Crippen LogP contribution in [0.3, 0.4) is 0 Å². The van der Waals surface area contributed by atoms with Crippen molar-refractivity contribution in [1.29, 1.82) is 0 Å². The van der Waals surface area contributed by atoms with Crippen LogP contribution in [0.1, 0.15) is 17.5 Å². The topological polar surface area (TPSA) is 76.8 Å². The number of rotatable bonds is 5. The van der Waals surface area contributed by atoms with Crippen molar-refractivity contribution < 1.29 is 9.66 Å². The van der Waals surface area contributed by atoms with Crippen LogP contribution in [0, 0.1) is 10.1 Å². The van der Waals surface area contributed by atoms with E-state index in [0.29, 0.717) is 5.75 Å². The third kappa shape index (κ3) is 3.66. The molecule has 0 aromatic heterocycles. The molecule has 0 amide bonds. The van der Waals surface area contributed by atoms with Crippen molar-refractivity contribution >= 4 is 11.5 Å². The van der Waals surface area contributed by atoms with Gasteiger partial charge in [-0.2, -0.15) is 0 Å². The Kier molecular flexibility index (Phi) is 4.52.